The van der Waals surface area contributed by atoms with Crippen LogP contribution in [0.3, 0.4) is 0 Å². The van der Waals surface area contributed by atoms with Crippen LogP contribution >= 0.6 is 0 Å². The fourth-order valence-corrected chi connectivity index (χ4v) is 2.09. The van der Waals surface area contributed by atoms with E-state index >= 15 is 0 Å². The molecule has 18 heavy (non-hydrogen) atoms. The van der Waals surface area contributed by atoms with Crippen LogP contribution in [0.5, 0.6) is 0 Å². The maximum absolute atomic E-state index is 11.8. The minimum absolute atomic E-state index is 0.0528. The summed E-state index contributed by atoms with van der Waals surface area (Å²) in [4.78, 5) is 26.9. The van der Waals surface area contributed by atoms with Crippen molar-refractivity contribution in [1.29, 1.82) is 0 Å². The molecule has 5 nitrogen and oxygen atoms in total. The first kappa shape index (κ1) is 13.3. The normalized spacial score (nSPS) is 18.9. The third-order valence-corrected chi connectivity index (χ3v) is 3.80. The highest BCUT2D eigenvalue weighted by Crippen LogP contribution is 2.27. The molecule has 0 radical (unpaired) electrons. The van der Waals surface area contributed by atoms with Gasteiger partial charge in [0.25, 0.3) is 0 Å². The second kappa shape index (κ2) is 5.26. The van der Waals surface area contributed by atoms with Crippen LogP contribution < -0.4 is 0 Å². The number of aliphatic hydroxyl groups is 1. The van der Waals surface area contributed by atoms with Gasteiger partial charge in [-0.15, -0.1) is 0 Å². The summed E-state index contributed by atoms with van der Waals surface area (Å²) in [5, 5.41) is 9.80. The molecular formula is C13H22N2O3. The summed E-state index contributed by atoms with van der Waals surface area (Å²) < 4.78 is 0. The van der Waals surface area contributed by atoms with Gasteiger partial charge < -0.3 is 14.9 Å². The maximum Gasteiger partial charge on any atom is 0.225 e. The molecular weight excluding hydrogens is 232 g/mol. The van der Waals surface area contributed by atoms with Gasteiger partial charge in [0, 0.05) is 26.2 Å². The summed E-state index contributed by atoms with van der Waals surface area (Å²) in [5.74, 6) is -0.126. The van der Waals surface area contributed by atoms with Crippen LogP contribution in [0.4, 0.5) is 0 Å². The molecule has 2 rings (SSSR count). The van der Waals surface area contributed by atoms with Gasteiger partial charge in [-0.3, -0.25) is 9.59 Å². The highest BCUT2D eigenvalue weighted by atomic mass is 16.3. The quantitative estimate of drug-likeness (QED) is 0.745. The third-order valence-electron chi connectivity index (χ3n) is 3.80. The molecule has 0 aromatic carbocycles. The molecule has 0 aromatic rings. The van der Waals surface area contributed by atoms with Crippen molar-refractivity contribution in [3.8, 4) is 0 Å². The monoisotopic (exact) mass is 254 g/mol. The average molecular weight is 254 g/mol. The van der Waals surface area contributed by atoms with Crippen molar-refractivity contribution >= 4 is 11.8 Å². The number of hydrogen-bond donors (Lipinski definition) is 1. The van der Waals surface area contributed by atoms with Crippen molar-refractivity contribution in [3.05, 3.63) is 0 Å². The Kier molecular flexibility index (Phi) is 3.90. The number of aliphatic hydroxyl groups excluding tert-OH is 1. The van der Waals surface area contributed by atoms with E-state index in [1.54, 1.807) is 23.9 Å². The average Bonchev–Trinajstić information content (AvgIpc) is 3.18. The van der Waals surface area contributed by atoms with Gasteiger partial charge in [-0.2, -0.15) is 0 Å². The van der Waals surface area contributed by atoms with Crippen molar-refractivity contribution < 1.29 is 14.7 Å². The molecule has 0 unspecified atom stereocenters. The summed E-state index contributed by atoms with van der Waals surface area (Å²) in [6, 6.07) is 0.712. The topological polar surface area (TPSA) is 60.9 Å². The van der Waals surface area contributed by atoms with E-state index in [4.69, 9.17) is 0 Å². The predicted octanol–water partition coefficient (Wildman–Crippen LogP) is 0.369. The molecule has 2 amide bonds. The van der Waals surface area contributed by atoms with Crippen LogP contribution in [0.15, 0.2) is 0 Å². The molecule has 0 aromatic heterocycles. The Morgan fingerprint density at radius 1 is 1.00 bits per heavy atom. The van der Waals surface area contributed by atoms with Gasteiger partial charge in [0.1, 0.15) is 0 Å². The van der Waals surface area contributed by atoms with Gasteiger partial charge in [0.05, 0.1) is 18.9 Å². The van der Waals surface area contributed by atoms with Crippen LogP contribution in [0.1, 0.15) is 38.5 Å². The lowest BCUT2D eigenvalue weighted by atomic mass is 10.1. The van der Waals surface area contributed by atoms with Crippen LogP contribution in [0.2, 0.25) is 0 Å². The fourth-order valence-electron chi connectivity index (χ4n) is 2.09. The number of carbonyl (C=O) groups excluding carboxylic acids is 2. The zero-order valence-electron chi connectivity index (χ0n) is 11.1. The Bertz CT molecular complexity index is 305. The van der Waals surface area contributed by atoms with Crippen LogP contribution in [0, 0.1) is 0 Å². The van der Waals surface area contributed by atoms with E-state index in [0.29, 0.717) is 12.1 Å². The van der Waals surface area contributed by atoms with Crippen LogP contribution in [-0.2, 0) is 9.59 Å². The molecule has 2 fully saturated rings. The first-order chi connectivity index (χ1) is 8.49. The minimum Gasteiger partial charge on any atom is -0.392 e. The Hall–Kier alpha value is -1.10. The molecule has 0 atom stereocenters. The zero-order valence-corrected chi connectivity index (χ0v) is 11.1. The molecule has 0 spiro atoms. The Balaban J connectivity index is 1.71. The fraction of sp³-hybridized carbons (Fsp3) is 0.846. The molecule has 2 aliphatic rings. The molecule has 0 heterocycles. The van der Waals surface area contributed by atoms with Crippen LogP contribution in [0.25, 0.3) is 0 Å². The minimum atomic E-state index is -0.854. The highest BCUT2D eigenvalue weighted by Gasteiger charge is 2.32. The standard InChI is InChI=1S/C13H22N2O3/c1-14(9-3-4-9)12(17)7-11(16)8-13(18)15(2)10-5-6-10/h9-11,16H,3-8H2,1-2H3. The molecule has 2 aliphatic carbocycles. The maximum atomic E-state index is 11.8. The third kappa shape index (κ3) is 3.45. The van der Waals surface area contributed by atoms with Crippen molar-refractivity contribution in [1.82, 2.24) is 9.80 Å². The second-order valence-electron chi connectivity index (χ2n) is 5.53. The zero-order chi connectivity index (χ0) is 13.3. The van der Waals surface area contributed by atoms with E-state index in [9.17, 15) is 14.7 Å². The van der Waals surface area contributed by atoms with Crippen molar-refractivity contribution in [3.63, 3.8) is 0 Å². The number of amides is 2. The van der Waals surface area contributed by atoms with Gasteiger partial charge in [0.15, 0.2) is 0 Å². The van der Waals surface area contributed by atoms with E-state index in [1.807, 2.05) is 0 Å². The summed E-state index contributed by atoms with van der Waals surface area (Å²) in [6.07, 6.45) is 3.48. The number of rotatable bonds is 6. The SMILES string of the molecule is CN(C(=O)CC(O)CC(=O)N(C)C1CC1)C1CC1. The highest BCUT2D eigenvalue weighted by molar-refractivity contribution is 5.80. The van der Waals surface area contributed by atoms with Crippen LogP contribution in [-0.4, -0.2) is 59.0 Å². The largest absolute Gasteiger partial charge is 0.392 e. The lowest BCUT2D eigenvalue weighted by molar-refractivity contribution is -0.135. The van der Waals surface area contributed by atoms with Gasteiger partial charge >= 0.3 is 0 Å². The van der Waals surface area contributed by atoms with Crippen molar-refractivity contribution in [2.45, 2.75) is 56.7 Å². The Labute approximate surface area is 108 Å². The first-order valence-electron chi connectivity index (χ1n) is 6.68. The van der Waals surface area contributed by atoms with Crippen molar-refractivity contribution in [2.24, 2.45) is 0 Å². The summed E-state index contributed by atoms with van der Waals surface area (Å²) in [7, 11) is 3.54. The molecule has 0 aliphatic heterocycles. The molecule has 102 valence electrons. The Morgan fingerprint density at radius 3 is 1.61 bits per heavy atom. The number of nitrogens with zero attached hydrogens (tertiary/aromatic N) is 2. The summed E-state index contributed by atoms with van der Waals surface area (Å²) >= 11 is 0. The van der Waals surface area contributed by atoms with Gasteiger partial charge in [-0.05, 0) is 25.7 Å². The summed E-state index contributed by atoms with van der Waals surface area (Å²) in [6.45, 7) is 0. The number of carbonyl (C=O) groups is 2. The molecule has 5 heteroatoms. The van der Waals surface area contributed by atoms with Gasteiger partial charge in [-0.1, -0.05) is 0 Å². The smallest absolute Gasteiger partial charge is 0.225 e. The number of hydrogen-bond acceptors (Lipinski definition) is 3. The lowest BCUT2D eigenvalue weighted by Crippen LogP contribution is -2.35. The molecule has 2 saturated carbocycles. The molecule has 0 saturated heterocycles. The van der Waals surface area contributed by atoms with Crippen molar-refractivity contribution in [2.75, 3.05) is 14.1 Å². The van der Waals surface area contributed by atoms with E-state index in [2.05, 4.69) is 0 Å². The Morgan fingerprint density at radius 2 is 1.33 bits per heavy atom. The molecule has 0 bridgehead atoms. The summed E-state index contributed by atoms with van der Waals surface area (Å²) in [5.41, 5.74) is 0. The van der Waals surface area contributed by atoms with E-state index in [0.717, 1.165) is 25.7 Å². The van der Waals surface area contributed by atoms with Gasteiger partial charge in [0.2, 0.25) is 11.8 Å². The van der Waals surface area contributed by atoms with E-state index < -0.39 is 6.10 Å². The predicted molar refractivity (Wildman–Crippen MR) is 66.8 cm³/mol. The van der Waals surface area contributed by atoms with E-state index in [-0.39, 0.29) is 24.7 Å². The van der Waals surface area contributed by atoms with Gasteiger partial charge in [-0.25, -0.2) is 0 Å². The second-order valence-corrected chi connectivity index (χ2v) is 5.53. The lowest BCUT2D eigenvalue weighted by Gasteiger charge is -2.21. The van der Waals surface area contributed by atoms with E-state index in [1.165, 1.54) is 0 Å². The first-order valence-corrected chi connectivity index (χ1v) is 6.68. The molecule has 1 N–H and O–H groups in total.